The maximum atomic E-state index is 14.7. The second-order valence-corrected chi connectivity index (χ2v) is 10.2. The Morgan fingerprint density at radius 2 is 1.62 bits per heavy atom. The van der Waals surface area contributed by atoms with Crippen LogP contribution in [0.3, 0.4) is 0 Å². The van der Waals surface area contributed by atoms with Crippen LogP contribution >= 0.6 is 12.4 Å². The predicted molar refractivity (Wildman–Crippen MR) is 132 cm³/mol. The van der Waals surface area contributed by atoms with Crippen molar-refractivity contribution in [3.63, 3.8) is 0 Å². The number of hydrogen-bond acceptors (Lipinski definition) is 3. The Morgan fingerprint density at radius 1 is 1.00 bits per heavy atom. The molecule has 1 N–H and O–H groups in total. The molecule has 2 aliphatic heterocycles. The standard InChI is InChI=1S/C27H34F2N2O2.ClH/c1-17(2)30-15-23(22-11-10-21(28)12-25(22)29)24(16-30)26(32)31-13-18(3)27(33,19(4)14-31)20-8-6-5-7-9-20;/h5-12,17-19,23-24,33H,13-16H2,1-4H3;1H/t18?,19?,23-,24+,27?;/m0./s1. The lowest BCUT2D eigenvalue weighted by Gasteiger charge is -2.48. The molecule has 2 aromatic rings. The van der Waals surface area contributed by atoms with E-state index in [1.54, 1.807) is 0 Å². The third-order valence-corrected chi connectivity index (χ3v) is 7.80. The maximum Gasteiger partial charge on any atom is 0.227 e. The van der Waals surface area contributed by atoms with Gasteiger partial charge in [0, 0.05) is 56.0 Å². The monoisotopic (exact) mass is 492 g/mol. The zero-order valence-corrected chi connectivity index (χ0v) is 21.1. The van der Waals surface area contributed by atoms with Crippen LogP contribution in [0.4, 0.5) is 8.78 Å². The molecule has 4 rings (SSSR count). The van der Waals surface area contributed by atoms with E-state index in [4.69, 9.17) is 0 Å². The van der Waals surface area contributed by atoms with Crippen LogP contribution in [-0.4, -0.2) is 53.0 Å². The molecule has 2 saturated heterocycles. The number of aliphatic hydroxyl groups is 1. The molecule has 0 aromatic heterocycles. The fraction of sp³-hybridized carbons (Fsp3) is 0.519. The molecular formula is C27H35ClF2N2O2. The van der Waals surface area contributed by atoms with Gasteiger partial charge in [0.05, 0.1) is 11.5 Å². The van der Waals surface area contributed by atoms with E-state index in [0.29, 0.717) is 31.7 Å². The molecule has 2 fully saturated rings. The SMILES string of the molecule is CC(C)N1C[C@@H](C(=O)N2CC(C)C(O)(c3ccccc3)C(C)C2)[C@H](c2ccc(F)cc2F)C1.Cl. The minimum Gasteiger partial charge on any atom is -0.384 e. The number of piperidine rings is 1. The van der Waals surface area contributed by atoms with E-state index in [9.17, 15) is 18.7 Å². The predicted octanol–water partition coefficient (Wildman–Crippen LogP) is 4.81. The highest BCUT2D eigenvalue weighted by Crippen LogP contribution is 2.43. The summed E-state index contributed by atoms with van der Waals surface area (Å²) >= 11 is 0. The summed E-state index contributed by atoms with van der Waals surface area (Å²) in [4.78, 5) is 17.8. The first-order valence-electron chi connectivity index (χ1n) is 11.9. The Hall–Kier alpha value is -2.02. The van der Waals surface area contributed by atoms with Crippen LogP contribution in [0.1, 0.15) is 44.7 Å². The number of rotatable bonds is 4. The number of likely N-dealkylation sites (tertiary alicyclic amines) is 2. The molecule has 7 heteroatoms. The number of benzene rings is 2. The van der Waals surface area contributed by atoms with E-state index in [2.05, 4.69) is 18.7 Å². The van der Waals surface area contributed by atoms with Gasteiger partial charge in [-0.3, -0.25) is 9.69 Å². The van der Waals surface area contributed by atoms with Crippen LogP contribution in [0.25, 0.3) is 0 Å². The summed E-state index contributed by atoms with van der Waals surface area (Å²) in [6, 6.07) is 13.5. The minimum absolute atomic E-state index is 0. The van der Waals surface area contributed by atoms with Crippen molar-refractivity contribution in [2.75, 3.05) is 26.2 Å². The van der Waals surface area contributed by atoms with Crippen molar-refractivity contribution < 1.29 is 18.7 Å². The molecule has 0 aliphatic carbocycles. The summed E-state index contributed by atoms with van der Waals surface area (Å²) in [5.41, 5.74) is 0.257. The van der Waals surface area contributed by atoms with E-state index in [1.807, 2.05) is 49.1 Å². The average molecular weight is 493 g/mol. The van der Waals surface area contributed by atoms with Gasteiger partial charge in [0.25, 0.3) is 0 Å². The summed E-state index contributed by atoms with van der Waals surface area (Å²) in [5, 5.41) is 11.6. The lowest BCUT2D eigenvalue weighted by Crippen LogP contribution is -2.57. The molecule has 2 aromatic carbocycles. The third kappa shape index (κ3) is 4.73. The van der Waals surface area contributed by atoms with Gasteiger partial charge in [-0.2, -0.15) is 0 Å². The first kappa shape index (κ1) is 26.6. The van der Waals surface area contributed by atoms with Crippen molar-refractivity contribution in [1.82, 2.24) is 9.80 Å². The third-order valence-electron chi connectivity index (χ3n) is 7.80. The number of carbonyl (C=O) groups excluding carboxylic acids is 1. The molecule has 2 aliphatic rings. The smallest absolute Gasteiger partial charge is 0.227 e. The first-order chi connectivity index (χ1) is 15.6. The van der Waals surface area contributed by atoms with Gasteiger partial charge >= 0.3 is 0 Å². The van der Waals surface area contributed by atoms with Gasteiger partial charge in [-0.1, -0.05) is 50.2 Å². The lowest BCUT2D eigenvalue weighted by molar-refractivity contribution is -0.152. The average Bonchev–Trinajstić information content (AvgIpc) is 3.22. The number of amides is 1. The molecular weight excluding hydrogens is 458 g/mol. The Labute approximate surface area is 207 Å². The van der Waals surface area contributed by atoms with Gasteiger partial charge < -0.3 is 10.0 Å². The largest absolute Gasteiger partial charge is 0.384 e. The van der Waals surface area contributed by atoms with Crippen molar-refractivity contribution in [2.45, 2.75) is 45.3 Å². The van der Waals surface area contributed by atoms with Gasteiger partial charge in [-0.15, -0.1) is 12.4 Å². The molecule has 4 atom stereocenters. The molecule has 34 heavy (non-hydrogen) atoms. The lowest BCUT2D eigenvalue weighted by atomic mass is 9.70. The number of hydrogen-bond donors (Lipinski definition) is 1. The molecule has 2 heterocycles. The Bertz CT molecular complexity index is 991. The normalized spacial score (nSPS) is 29.8. The molecule has 0 spiro atoms. The van der Waals surface area contributed by atoms with Crippen molar-refractivity contribution >= 4 is 18.3 Å². The van der Waals surface area contributed by atoms with E-state index in [-0.39, 0.29) is 42.1 Å². The zero-order chi connectivity index (χ0) is 23.9. The van der Waals surface area contributed by atoms with Crippen LogP contribution in [0, 0.1) is 29.4 Å². The summed E-state index contributed by atoms with van der Waals surface area (Å²) < 4.78 is 28.2. The maximum absolute atomic E-state index is 14.7. The highest BCUT2D eigenvalue weighted by molar-refractivity contribution is 5.85. The van der Waals surface area contributed by atoms with Crippen molar-refractivity contribution in [3.05, 3.63) is 71.3 Å². The minimum atomic E-state index is -1.01. The van der Waals surface area contributed by atoms with Crippen molar-refractivity contribution in [1.29, 1.82) is 0 Å². The molecule has 186 valence electrons. The molecule has 1 amide bonds. The molecule has 0 radical (unpaired) electrons. The van der Waals surface area contributed by atoms with Gasteiger partial charge in [0.15, 0.2) is 0 Å². The van der Waals surface area contributed by atoms with E-state index in [0.717, 1.165) is 11.6 Å². The first-order valence-corrected chi connectivity index (χ1v) is 11.9. The zero-order valence-electron chi connectivity index (χ0n) is 20.2. The fourth-order valence-electron chi connectivity index (χ4n) is 5.81. The number of carbonyl (C=O) groups is 1. The number of halogens is 3. The Morgan fingerprint density at radius 3 is 2.18 bits per heavy atom. The van der Waals surface area contributed by atoms with Crippen LogP contribution in [-0.2, 0) is 10.4 Å². The highest BCUT2D eigenvalue weighted by atomic mass is 35.5. The van der Waals surface area contributed by atoms with Crippen LogP contribution < -0.4 is 0 Å². The summed E-state index contributed by atoms with van der Waals surface area (Å²) in [6.07, 6.45) is 0. The number of nitrogens with zero attached hydrogens (tertiary/aromatic N) is 2. The van der Waals surface area contributed by atoms with Gasteiger partial charge in [-0.05, 0) is 31.0 Å². The van der Waals surface area contributed by atoms with E-state index in [1.165, 1.54) is 12.1 Å². The van der Waals surface area contributed by atoms with Crippen molar-refractivity contribution in [3.8, 4) is 0 Å². The van der Waals surface area contributed by atoms with E-state index < -0.39 is 23.2 Å². The van der Waals surface area contributed by atoms with Gasteiger partial charge in [0.1, 0.15) is 11.6 Å². The summed E-state index contributed by atoms with van der Waals surface area (Å²) in [5.74, 6) is -2.28. The second kappa shape index (κ2) is 10.3. The molecule has 2 unspecified atom stereocenters. The van der Waals surface area contributed by atoms with Crippen molar-refractivity contribution in [2.24, 2.45) is 17.8 Å². The van der Waals surface area contributed by atoms with Crippen LogP contribution in [0.15, 0.2) is 48.5 Å². The second-order valence-electron chi connectivity index (χ2n) is 10.2. The fourth-order valence-corrected chi connectivity index (χ4v) is 5.81. The highest BCUT2D eigenvalue weighted by Gasteiger charge is 2.49. The molecule has 4 nitrogen and oxygen atoms in total. The molecule has 0 saturated carbocycles. The Balaban J connectivity index is 0.00000324. The van der Waals surface area contributed by atoms with Crippen LogP contribution in [0.5, 0.6) is 0 Å². The Kier molecular flexibility index (Phi) is 8.06. The topological polar surface area (TPSA) is 43.8 Å². The van der Waals surface area contributed by atoms with E-state index >= 15 is 0 Å². The van der Waals surface area contributed by atoms with Gasteiger partial charge in [0.2, 0.25) is 5.91 Å². The van der Waals surface area contributed by atoms with Crippen LogP contribution in [0.2, 0.25) is 0 Å². The quantitative estimate of drug-likeness (QED) is 0.666. The summed E-state index contributed by atoms with van der Waals surface area (Å²) in [6.45, 7) is 10.1. The summed E-state index contributed by atoms with van der Waals surface area (Å²) in [7, 11) is 0. The molecule has 0 bridgehead atoms. The van der Waals surface area contributed by atoms with Gasteiger partial charge in [-0.25, -0.2) is 8.78 Å².